The molecule has 3 N–H and O–H groups in total. The lowest BCUT2D eigenvalue weighted by Gasteiger charge is -2.36. The first-order valence-corrected chi connectivity index (χ1v) is 14.0. The topological polar surface area (TPSA) is 111 Å². The van der Waals surface area contributed by atoms with Crippen molar-refractivity contribution in [2.75, 3.05) is 36.4 Å². The van der Waals surface area contributed by atoms with Gasteiger partial charge in [0, 0.05) is 59.4 Å². The van der Waals surface area contributed by atoms with E-state index in [4.69, 9.17) is 0 Å². The molecule has 1 amide bonds. The van der Waals surface area contributed by atoms with Gasteiger partial charge >= 0.3 is 5.69 Å². The van der Waals surface area contributed by atoms with Crippen LogP contribution in [-0.2, 0) is 24.2 Å². The molecule has 2 aromatic carbocycles. The number of anilines is 3. The summed E-state index contributed by atoms with van der Waals surface area (Å²) in [7, 11) is 0. The minimum Gasteiger partial charge on any atom is -0.508 e. The molecule has 1 saturated heterocycles. The molecule has 1 aliphatic heterocycles. The van der Waals surface area contributed by atoms with Crippen molar-refractivity contribution in [1.82, 2.24) is 14.5 Å². The number of carbonyl (C=O) groups excluding carboxylic acids is 1. The number of H-pyrrole nitrogens is 1. The van der Waals surface area contributed by atoms with Gasteiger partial charge < -0.3 is 20.2 Å². The fourth-order valence-corrected chi connectivity index (χ4v) is 5.19. The fraction of sp³-hybridized carbons (Fsp3) is 0.433. The van der Waals surface area contributed by atoms with Gasteiger partial charge in [0.15, 0.2) is 0 Å². The summed E-state index contributed by atoms with van der Waals surface area (Å²) in [6.45, 7) is 7.06. The number of benzene rings is 2. The molecule has 0 saturated carbocycles. The van der Waals surface area contributed by atoms with Gasteiger partial charge in [-0.1, -0.05) is 19.9 Å². The van der Waals surface area contributed by atoms with Gasteiger partial charge in [-0.15, -0.1) is 12.4 Å². The Balaban J connectivity index is 0.00000173. The number of aromatic amines is 1. The average Bonchev–Trinajstić information content (AvgIpc) is 3.42. The number of hydrogen-bond donors (Lipinski definition) is 3. The van der Waals surface area contributed by atoms with Crippen molar-refractivity contribution in [1.29, 1.82) is 0 Å². The van der Waals surface area contributed by atoms with Gasteiger partial charge in [-0.3, -0.25) is 19.1 Å². The molecule has 220 valence electrons. The summed E-state index contributed by atoms with van der Waals surface area (Å²) in [6, 6.07) is 14.7. The molecule has 1 aromatic heterocycles. The largest absolute Gasteiger partial charge is 0.508 e. The minimum atomic E-state index is -0.451. The zero-order valence-corrected chi connectivity index (χ0v) is 24.1. The molecule has 0 radical (unpaired) electrons. The van der Waals surface area contributed by atoms with Crippen molar-refractivity contribution in [3.63, 3.8) is 0 Å². The predicted octanol–water partition coefficient (Wildman–Crippen LogP) is 4.93. The quantitative estimate of drug-likeness (QED) is 0.329. The van der Waals surface area contributed by atoms with Gasteiger partial charge in [-0.05, 0) is 79.6 Å². The van der Waals surface area contributed by atoms with E-state index in [-0.39, 0.29) is 39.0 Å². The number of phenolic OH excluding ortho intramolecular Hbond substituents is 1. The van der Waals surface area contributed by atoms with Crippen LogP contribution in [-0.4, -0.2) is 51.6 Å². The lowest BCUT2D eigenvalue weighted by Crippen LogP contribution is -2.48. The maximum Gasteiger partial charge on any atom is 0.329 e. The number of nitrogens with zero attached hydrogens (tertiary/aromatic N) is 3. The Hall–Kier alpha value is -3.72. The first kappa shape index (κ1) is 30.8. The highest BCUT2D eigenvalue weighted by molar-refractivity contribution is 5.85. The molecule has 5 rings (SSSR count). The van der Waals surface area contributed by atoms with E-state index in [0.717, 1.165) is 43.7 Å². The van der Waals surface area contributed by atoms with E-state index in [1.165, 1.54) is 21.8 Å². The first-order chi connectivity index (χ1) is 19.0. The number of rotatable bonds is 8. The Morgan fingerprint density at radius 1 is 0.950 bits per heavy atom. The van der Waals surface area contributed by atoms with E-state index >= 15 is 0 Å². The van der Waals surface area contributed by atoms with Gasteiger partial charge in [-0.2, -0.15) is 0 Å². The van der Waals surface area contributed by atoms with Gasteiger partial charge in [0.05, 0.1) is 0 Å². The van der Waals surface area contributed by atoms with Crippen LogP contribution in [0.3, 0.4) is 0 Å². The molecular weight excluding hydrogens is 530 g/mol. The van der Waals surface area contributed by atoms with Crippen molar-refractivity contribution in [2.45, 2.75) is 58.9 Å². The maximum absolute atomic E-state index is 12.6. The highest BCUT2D eigenvalue weighted by Gasteiger charge is 2.21. The molecule has 0 bridgehead atoms. The second-order valence-electron chi connectivity index (χ2n) is 9.78. The van der Waals surface area contributed by atoms with E-state index in [0.29, 0.717) is 38.2 Å². The summed E-state index contributed by atoms with van der Waals surface area (Å²) < 4.78 is 1.19. The lowest BCUT2D eigenvalue weighted by atomic mass is 10.1. The van der Waals surface area contributed by atoms with Gasteiger partial charge in [0.2, 0.25) is 5.91 Å². The molecule has 0 unspecified atom stereocenters. The number of fused-ring (bicyclic) bond motifs is 1. The van der Waals surface area contributed by atoms with E-state index in [1.807, 2.05) is 36.9 Å². The SMILES string of the molecule is CC.Cl.O=C(CCCCn1c(=O)cc(Nc2ccc3c(c2)CCC3)[nH]c1=O)N1CCN(c2ccc(O)cc2)CC1.[HH].[HH]. The van der Waals surface area contributed by atoms with Crippen LogP contribution < -0.4 is 21.5 Å². The van der Waals surface area contributed by atoms with Crippen LogP contribution >= 0.6 is 12.4 Å². The molecule has 10 heteroatoms. The molecule has 3 aromatic rings. The maximum atomic E-state index is 12.6. The Bertz CT molecular complexity index is 1360. The number of aryl methyl sites for hydroxylation is 2. The lowest BCUT2D eigenvalue weighted by molar-refractivity contribution is -0.131. The van der Waals surface area contributed by atoms with Crippen LogP contribution in [0.4, 0.5) is 17.2 Å². The fourth-order valence-electron chi connectivity index (χ4n) is 5.19. The van der Waals surface area contributed by atoms with Crippen molar-refractivity contribution in [3.05, 3.63) is 80.5 Å². The van der Waals surface area contributed by atoms with Crippen LogP contribution in [0, 0.1) is 0 Å². The third-order valence-electron chi connectivity index (χ3n) is 7.27. The van der Waals surface area contributed by atoms with Crippen LogP contribution in [0.15, 0.2) is 58.1 Å². The molecule has 2 aliphatic rings. The Kier molecular flexibility index (Phi) is 11.3. The molecule has 40 heavy (non-hydrogen) atoms. The van der Waals surface area contributed by atoms with Crippen molar-refractivity contribution < 1.29 is 12.8 Å². The monoisotopic (exact) mass is 573 g/mol. The molecule has 0 spiro atoms. The van der Waals surface area contributed by atoms with E-state index in [1.54, 1.807) is 12.1 Å². The van der Waals surface area contributed by atoms with Crippen molar-refractivity contribution in [3.8, 4) is 5.75 Å². The number of carbonyl (C=O) groups is 1. The molecule has 9 nitrogen and oxygen atoms in total. The van der Waals surface area contributed by atoms with Gasteiger partial charge in [0.25, 0.3) is 5.56 Å². The number of unbranched alkanes of at least 4 members (excludes halogenated alkanes) is 1. The summed E-state index contributed by atoms with van der Waals surface area (Å²) in [5, 5.41) is 12.6. The third kappa shape index (κ3) is 7.69. The summed E-state index contributed by atoms with van der Waals surface area (Å²) in [5.74, 6) is 0.718. The standard InChI is InChI=1S/C28H33N5O4.C2H6.ClH.2H2/c34-24-11-9-23(10-12-24)31-14-16-32(17-15-31)26(35)6-1-2-13-33-27(36)19-25(30-28(33)37)29-22-8-7-20-4-3-5-21(20)18-22;1-2;;;/h7-12,18-19,29,34H,1-6,13-17H2,(H,30,37);1-2H3;3*1H. The average molecular weight is 574 g/mol. The predicted molar refractivity (Wildman–Crippen MR) is 167 cm³/mol. The van der Waals surface area contributed by atoms with Crippen LogP contribution in [0.5, 0.6) is 5.75 Å². The molecule has 0 atom stereocenters. The number of aromatic nitrogens is 2. The zero-order chi connectivity index (χ0) is 27.8. The Labute approximate surface area is 244 Å². The van der Waals surface area contributed by atoms with Gasteiger partial charge in [-0.25, -0.2) is 4.79 Å². The molecule has 1 aliphatic carbocycles. The highest BCUT2D eigenvalue weighted by Crippen LogP contribution is 2.26. The first-order valence-electron chi connectivity index (χ1n) is 14.0. The minimum absolute atomic E-state index is 0. The number of amides is 1. The summed E-state index contributed by atoms with van der Waals surface area (Å²) in [4.78, 5) is 44.6. The van der Waals surface area contributed by atoms with E-state index in [2.05, 4.69) is 27.3 Å². The second kappa shape index (κ2) is 14.6. The second-order valence-corrected chi connectivity index (χ2v) is 9.78. The normalized spacial score (nSPS) is 14.1. The smallest absolute Gasteiger partial charge is 0.329 e. The van der Waals surface area contributed by atoms with Crippen LogP contribution in [0.1, 0.15) is 53.5 Å². The number of hydrogen-bond acceptors (Lipinski definition) is 6. The van der Waals surface area contributed by atoms with Crippen molar-refractivity contribution >= 4 is 35.5 Å². The summed E-state index contributed by atoms with van der Waals surface area (Å²) in [6.07, 6.45) is 4.89. The Morgan fingerprint density at radius 2 is 1.65 bits per heavy atom. The molecule has 2 heterocycles. The summed E-state index contributed by atoms with van der Waals surface area (Å²) in [5.41, 5.74) is 3.76. The van der Waals surface area contributed by atoms with Gasteiger partial charge in [0.1, 0.15) is 11.6 Å². The summed E-state index contributed by atoms with van der Waals surface area (Å²) >= 11 is 0. The molecule has 1 fully saturated rings. The number of nitrogens with one attached hydrogen (secondary N) is 2. The molecular formula is C30H44ClN5O4. The number of aromatic hydroxyl groups is 1. The number of phenols is 1. The van der Waals surface area contributed by atoms with E-state index in [9.17, 15) is 19.5 Å². The van der Waals surface area contributed by atoms with Crippen molar-refractivity contribution in [2.24, 2.45) is 0 Å². The van der Waals surface area contributed by atoms with Crippen LogP contribution in [0.2, 0.25) is 0 Å². The highest BCUT2D eigenvalue weighted by atomic mass is 35.5. The number of piperazine rings is 1. The Morgan fingerprint density at radius 3 is 2.35 bits per heavy atom. The zero-order valence-electron chi connectivity index (χ0n) is 23.3. The number of halogens is 1. The third-order valence-corrected chi connectivity index (χ3v) is 7.27. The van der Waals surface area contributed by atoms with Crippen LogP contribution in [0.25, 0.3) is 0 Å². The van der Waals surface area contributed by atoms with E-state index < -0.39 is 5.69 Å².